The van der Waals surface area contributed by atoms with Gasteiger partial charge in [0.25, 0.3) is 0 Å². The van der Waals surface area contributed by atoms with E-state index in [1.807, 2.05) is 24.3 Å². The molecule has 0 aromatic heterocycles. The zero-order valence-electron chi connectivity index (χ0n) is 24.7. The van der Waals surface area contributed by atoms with Crippen molar-refractivity contribution in [1.29, 1.82) is 0 Å². The molecule has 4 unspecified atom stereocenters. The summed E-state index contributed by atoms with van der Waals surface area (Å²) in [5.74, 6) is 1.09. The van der Waals surface area contributed by atoms with Gasteiger partial charge in [0.1, 0.15) is 6.10 Å². The summed E-state index contributed by atoms with van der Waals surface area (Å²) in [6.07, 6.45) is 13.6. The summed E-state index contributed by atoms with van der Waals surface area (Å²) in [5, 5.41) is 0. The minimum atomic E-state index is -0.979. The second-order valence-corrected chi connectivity index (χ2v) is 12.6. The molecule has 2 aromatic rings. The number of hydrogen-bond donors (Lipinski definition) is 0. The SMILES string of the molecule is CCCc1ccc(C(=O)OC2CCC3CC(C4CCC(COc5ccc(OCC)c(F)c5F)CC4)CCC3C2)cc1. The van der Waals surface area contributed by atoms with Crippen LogP contribution in [0.2, 0.25) is 0 Å². The molecule has 3 aliphatic rings. The maximum Gasteiger partial charge on any atom is 0.338 e. The normalized spacial score (nSPS) is 28.0. The molecule has 6 heteroatoms. The van der Waals surface area contributed by atoms with E-state index < -0.39 is 11.6 Å². The Bertz CT molecular complexity index is 1140. The Kier molecular flexibility index (Phi) is 10.2. The number of benzene rings is 2. The molecule has 0 spiro atoms. The fraction of sp³-hybridized carbons (Fsp3) is 0.629. The van der Waals surface area contributed by atoms with Crippen molar-refractivity contribution in [2.24, 2.45) is 29.6 Å². The molecule has 0 radical (unpaired) electrons. The number of halogens is 2. The molecule has 3 aliphatic carbocycles. The van der Waals surface area contributed by atoms with Crippen LogP contribution >= 0.6 is 0 Å². The summed E-state index contributed by atoms with van der Waals surface area (Å²) >= 11 is 0. The number of ether oxygens (including phenoxy) is 3. The van der Waals surface area contributed by atoms with Crippen LogP contribution < -0.4 is 9.47 Å². The van der Waals surface area contributed by atoms with Crippen LogP contribution in [0.5, 0.6) is 11.5 Å². The van der Waals surface area contributed by atoms with E-state index in [1.54, 1.807) is 6.92 Å². The van der Waals surface area contributed by atoms with Crippen LogP contribution in [0.4, 0.5) is 8.78 Å². The summed E-state index contributed by atoms with van der Waals surface area (Å²) in [6, 6.07) is 10.8. The van der Waals surface area contributed by atoms with Gasteiger partial charge in [-0.2, -0.15) is 8.78 Å². The third kappa shape index (κ3) is 7.42. The molecule has 0 aliphatic heterocycles. The zero-order valence-corrected chi connectivity index (χ0v) is 24.7. The Morgan fingerprint density at radius 2 is 1.32 bits per heavy atom. The maximum atomic E-state index is 14.4. The third-order valence-corrected chi connectivity index (χ3v) is 9.95. The van der Waals surface area contributed by atoms with Crippen molar-refractivity contribution >= 4 is 5.97 Å². The van der Waals surface area contributed by atoms with E-state index in [9.17, 15) is 13.6 Å². The molecule has 4 atom stereocenters. The van der Waals surface area contributed by atoms with E-state index in [0.29, 0.717) is 24.0 Å². The van der Waals surface area contributed by atoms with Crippen LogP contribution in [0.1, 0.15) is 100 Å². The Morgan fingerprint density at radius 1 is 0.732 bits per heavy atom. The third-order valence-electron chi connectivity index (χ3n) is 9.95. The molecule has 0 N–H and O–H groups in total. The van der Waals surface area contributed by atoms with Crippen molar-refractivity contribution < 1.29 is 27.8 Å². The zero-order chi connectivity index (χ0) is 28.8. The van der Waals surface area contributed by atoms with E-state index in [1.165, 1.54) is 49.8 Å². The lowest BCUT2D eigenvalue weighted by Gasteiger charge is -2.45. The van der Waals surface area contributed by atoms with Crippen molar-refractivity contribution in [3.05, 3.63) is 59.2 Å². The minimum Gasteiger partial charge on any atom is -0.491 e. The standard InChI is InChI=1S/C35H46F2O4/c1-3-5-23-6-12-26(13-7-23)35(38)41-30-17-16-28-20-27(14-15-29(28)21-30)25-10-8-24(9-11-25)22-40-32-19-18-31(39-4-2)33(36)34(32)37/h6-7,12-13,18-19,24-25,27-30H,3-5,8-11,14-17,20-22H2,1-2H3. The molecule has 0 bridgehead atoms. The molecule has 0 saturated heterocycles. The van der Waals surface area contributed by atoms with Gasteiger partial charge in [-0.05, 0) is 137 Å². The molecule has 4 nitrogen and oxygen atoms in total. The molecular weight excluding hydrogens is 522 g/mol. The first-order valence-electron chi connectivity index (χ1n) is 16.0. The van der Waals surface area contributed by atoms with Crippen molar-refractivity contribution in [3.8, 4) is 11.5 Å². The predicted molar refractivity (Wildman–Crippen MR) is 156 cm³/mol. The Balaban J connectivity index is 1.03. The molecular formula is C35H46F2O4. The van der Waals surface area contributed by atoms with E-state index in [-0.39, 0.29) is 30.2 Å². The van der Waals surface area contributed by atoms with Crippen LogP contribution in [-0.2, 0) is 11.2 Å². The predicted octanol–water partition coefficient (Wildman–Crippen LogP) is 8.94. The van der Waals surface area contributed by atoms with Gasteiger partial charge in [-0.15, -0.1) is 0 Å². The fourth-order valence-corrected chi connectivity index (χ4v) is 7.66. The van der Waals surface area contributed by atoms with Crippen LogP contribution in [0.15, 0.2) is 36.4 Å². The van der Waals surface area contributed by atoms with Crippen molar-refractivity contribution in [2.75, 3.05) is 13.2 Å². The average molecular weight is 569 g/mol. The van der Waals surface area contributed by atoms with Crippen LogP contribution in [0, 0.1) is 41.2 Å². The van der Waals surface area contributed by atoms with E-state index in [0.717, 1.165) is 62.7 Å². The van der Waals surface area contributed by atoms with Crippen molar-refractivity contribution in [2.45, 2.75) is 97.0 Å². The number of hydrogen-bond acceptors (Lipinski definition) is 4. The molecule has 41 heavy (non-hydrogen) atoms. The van der Waals surface area contributed by atoms with Crippen molar-refractivity contribution in [3.63, 3.8) is 0 Å². The highest BCUT2D eigenvalue weighted by Crippen LogP contribution is 2.48. The Hall–Kier alpha value is -2.63. The second-order valence-electron chi connectivity index (χ2n) is 12.6. The smallest absolute Gasteiger partial charge is 0.338 e. The summed E-state index contributed by atoms with van der Waals surface area (Å²) < 4.78 is 45.4. The van der Waals surface area contributed by atoms with Gasteiger partial charge in [0, 0.05) is 0 Å². The second kappa shape index (κ2) is 14.0. The Labute approximate surface area is 244 Å². The van der Waals surface area contributed by atoms with Crippen LogP contribution in [0.3, 0.4) is 0 Å². The summed E-state index contributed by atoms with van der Waals surface area (Å²) in [5.41, 5.74) is 1.92. The van der Waals surface area contributed by atoms with Crippen molar-refractivity contribution in [1.82, 2.24) is 0 Å². The van der Waals surface area contributed by atoms with E-state index in [2.05, 4.69) is 6.92 Å². The monoisotopic (exact) mass is 568 g/mol. The van der Waals surface area contributed by atoms with Gasteiger partial charge in [0.05, 0.1) is 18.8 Å². The van der Waals surface area contributed by atoms with Gasteiger partial charge in [-0.25, -0.2) is 4.79 Å². The summed E-state index contributed by atoms with van der Waals surface area (Å²) in [4.78, 5) is 12.8. The highest BCUT2D eigenvalue weighted by Gasteiger charge is 2.39. The van der Waals surface area contributed by atoms with Gasteiger partial charge in [0.15, 0.2) is 11.5 Å². The van der Waals surface area contributed by atoms with E-state index in [4.69, 9.17) is 14.2 Å². The van der Waals surface area contributed by atoms with Crippen LogP contribution in [-0.4, -0.2) is 25.3 Å². The van der Waals surface area contributed by atoms with Gasteiger partial charge < -0.3 is 14.2 Å². The number of rotatable bonds is 10. The lowest BCUT2D eigenvalue weighted by Crippen LogP contribution is -2.37. The molecule has 5 rings (SSSR count). The lowest BCUT2D eigenvalue weighted by atomic mass is 9.62. The largest absolute Gasteiger partial charge is 0.491 e. The number of fused-ring (bicyclic) bond motifs is 1. The average Bonchev–Trinajstić information content (AvgIpc) is 3.00. The summed E-state index contributed by atoms with van der Waals surface area (Å²) in [7, 11) is 0. The maximum absolute atomic E-state index is 14.4. The van der Waals surface area contributed by atoms with Gasteiger partial charge >= 0.3 is 5.97 Å². The topological polar surface area (TPSA) is 44.8 Å². The van der Waals surface area contributed by atoms with Crippen LogP contribution in [0.25, 0.3) is 0 Å². The van der Waals surface area contributed by atoms with E-state index >= 15 is 0 Å². The molecule has 3 fully saturated rings. The number of esters is 1. The number of aryl methyl sites for hydroxylation is 1. The first kappa shape index (κ1) is 29.8. The number of carbonyl (C=O) groups excluding carboxylic acids is 1. The molecule has 0 heterocycles. The minimum absolute atomic E-state index is 0.0300. The fourth-order valence-electron chi connectivity index (χ4n) is 7.66. The Morgan fingerprint density at radius 3 is 1.98 bits per heavy atom. The molecule has 3 saturated carbocycles. The highest BCUT2D eigenvalue weighted by atomic mass is 19.2. The molecule has 0 amide bonds. The molecule has 224 valence electrons. The highest BCUT2D eigenvalue weighted by molar-refractivity contribution is 5.89. The molecule has 2 aromatic carbocycles. The number of carbonyl (C=O) groups is 1. The first-order valence-corrected chi connectivity index (χ1v) is 16.0. The summed E-state index contributed by atoms with van der Waals surface area (Å²) in [6.45, 7) is 4.61. The lowest BCUT2D eigenvalue weighted by molar-refractivity contribution is -0.0118. The first-order chi connectivity index (χ1) is 19.9. The van der Waals surface area contributed by atoms with Gasteiger partial charge in [0.2, 0.25) is 11.6 Å². The quantitative estimate of drug-likeness (QED) is 0.268. The van der Waals surface area contributed by atoms with Gasteiger partial charge in [-0.1, -0.05) is 25.5 Å². The van der Waals surface area contributed by atoms with Gasteiger partial charge in [-0.3, -0.25) is 0 Å².